The second-order valence-electron chi connectivity index (χ2n) is 4.49. The summed E-state index contributed by atoms with van der Waals surface area (Å²) in [4.78, 5) is 0. The van der Waals surface area contributed by atoms with Gasteiger partial charge in [0.15, 0.2) is 0 Å². The van der Waals surface area contributed by atoms with E-state index in [0.29, 0.717) is 6.42 Å². The molecule has 16 heavy (non-hydrogen) atoms. The first kappa shape index (κ1) is 11.6. The average molecular weight is 220 g/mol. The van der Waals surface area contributed by atoms with Crippen molar-refractivity contribution in [2.75, 3.05) is 6.61 Å². The van der Waals surface area contributed by atoms with E-state index in [1.165, 1.54) is 11.1 Å². The highest BCUT2D eigenvalue weighted by Gasteiger charge is 2.23. The summed E-state index contributed by atoms with van der Waals surface area (Å²) in [6.45, 7) is 2.95. The summed E-state index contributed by atoms with van der Waals surface area (Å²) in [5, 5.41) is 10.0. The molecule has 1 saturated heterocycles. The number of ether oxygens (including phenoxy) is 1. The third-order valence-corrected chi connectivity index (χ3v) is 3.27. The largest absolute Gasteiger partial charge is 0.390 e. The van der Waals surface area contributed by atoms with Gasteiger partial charge in [-0.25, -0.2) is 0 Å². The summed E-state index contributed by atoms with van der Waals surface area (Å²) < 4.78 is 5.48. The lowest BCUT2D eigenvalue weighted by Crippen LogP contribution is -2.27. The zero-order valence-corrected chi connectivity index (χ0v) is 9.86. The van der Waals surface area contributed by atoms with Crippen LogP contribution in [0, 0.1) is 0 Å². The van der Waals surface area contributed by atoms with Crippen molar-refractivity contribution < 1.29 is 9.84 Å². The van der Waals surface area contributed by atoms with Crippen LogP contribution in [0.15, 0.2) is 24.3 Å². The van der Waals surface area contributed by atoms with Gasteiger partial charge in [-0.15, -0.1) is 0 Å². The van der Waals surface area contributed by atoms with Crippen LogP contribution in [-0.4, -0.2) is 23.9 Å². The van der Waals surface area contributed by atoms with Crippen molar-refractivity contribution in [2.45, 2.75) is 44.8 Å². The Kier molecular flexibility index (Phi) is 3.97. The highest BCUT2D eigenvalue weighted by atomic mass is 16.5. The molecule has 2 atom stereocenters. The zero-order chi connectivity index (χ0) is 11.4. The maximum absolute atomic E-state index is 10.0. The van der Waals surface area contributed by atoms with Crippen LogP contribution < -0.4 is 0 Å². The first-order valence-corrected chi connectivity index (χ1v) is 6.17. The van der Waals surface area contributed by atoms with Crippen molar-refractivity contribution in [1.29, 1.82) is 0 Å². The molecule has 0 radical (unpaired) electrons. The molecule has 2 unspecified atom stereocenters. The van der Waals surface area contributed by atoms with Gasteiger partial charge in [0, 0.05) is 13.0 Å². The van der Waals surface area contributed by atoms with Gasteiger partial charge in [0.1, 0.15) is 0 Å². The van der Waals surface area contributed by atoms with Gasteiger partial charge in [-0.05, 0) is 30.4 Å². The molecular formula is C14H20O2. The summed E-state index contributed by atoms with van der Waals surface area (Å²) in [6, 6.07) is 8.49. The Morgan fingerprint density at radius 3 is 2.56 bits per heavy atom. The highest BCUT2D eigenvalue weighted by molar-refractivity contribution is 5.23. The van der Waals surface area contributed by atoms with Crippen molar-refractivity contribution in [3.63, 3.8) is 0 Å². The van der Waals surface area contributed by atoms with Gasteiger partial charge in [0.25, 0.3) is 0 Å². The van der Waals surface area contributed by atoms with Crippen LogP contribution in [0.2, 0.25) is 0 Å². The molecule has 0 aromatic heterocycles. The molecule has 1 N–H and O–H groups in total. The minimum Gasteiger partial charge on any atom is -0.390 e. The predicted octanol–water partition coefficient (Wildman–Crippen LogP) is 2.33. The van der Waals surface area contributed by atoms with Crippen molar-refractivity contribution in [1.82, 2.24) is 0 Å². The van der Waals surface area contributed by atoms with Crippen LogP contribution in [-0.2, 0) is 17.6 Å². The van der Waals surface area contributed by atoms with E-state index in [9.17, 15) is 5.11 Å². The molecule has 0 spiro atoms. The molecule has 0 aliphatic carbocycles. The standard InChI is InChI=1S/C14H20O2/c1-2-11-5-7-12(8-6-11)10-13(15)14-4-3-9-16-14/h5-8,13-15H,2-4,9-10H2,1H3. The predicted molar refractivity (Wildman–Crippen MR) is 64.5 cm³/mol. The highest BCUT2D eigenvalue weighted by Crippen LogP contribution is 2.18. The van der Waals surface area contributed by atoms with Gasteiger partial charge in [0.2, 0.25) is 0 Å². The monoisotopic (exact) mass is 220 g/mol. The molecule has 1 heterocycles. The molecule has 1 fully saturated rings. The van der Waals surface area contributed by atoms with Gasteiger partial charge in [0.05, 0.1) is 12.2 Å². The quantitative estimate of drug-likeness (QED) is 0.844. The fraction of sp³-hybridized carbons (Fsp3) is 0.571. The molecule has 2 rings (SSSR count). The molecule has 0 amide bonds. The smallest absolute Gasteiger partial charge is 0.0842 e. The van der Waals surface area contributed by atoms with E-state index in [1.807, 2.05) is 0 Å². The zero-order valence-electron chi connectivity index (χ0n) is 9.86. The van der Waals surface area contributed by atoms with Gasteiger partial charge >= 0.3 is 0 Å². The number of aliphatic hydroxyl groups excluding tert-OH is 1. The molecule has 2 nitrogen and oxygen atoms in total. The Hall–Kier alpha value is -0.860. The van der Waals surface area contributed by atoms with Crippen LogP contribution >= 0.6 is 0 Å². The molecule has 2 heteroatoms. The molecule has 0 bridgehead atoms. The van der Waals surface area contributed by atoms with E-state index >= 15 is 0 Å². The lowest BCUT2D eigenvalue weighted by atomic mass is 10.0. The number of hydrogen-bond donors (Lipinski definition) is 1. The summed E-state index contributed by atoms with van der Waals surface area (Å²) in [5.74, 6) is 0. The summed E-state index contributed by atoms with van der Waals surface area (Å²) in [5.41, 5.74) is 2.54. The molecular weight excluding hydrogens is 200 g/mol. The molecule has 88 valence electrons. The van der Waals surface area contributed by atoms with Crippen molar-refractivity contribution in [2.24, 2.45) is 0 Å². The van der Waals surface area contributed by atoms with E-state index in [4.69, 9.17) is 4.74 Å². The molecule has 1 aliphatic heterocycles. The second-order valence-corrected chi connectivity index (χ2v) is 4.49. The second kappa shape index (κ2) is 5.46. The Bertz CT molecular complexity index is 312. The van der Waals surface area contributed by atoms with Crippen molar-refractivity contribution in [3.8, 4) is 0 Å². The molecule has 0 saturated carbocycles. The van der Waals surface area contributed by atoms with Gasteiger partial charge < -0.3 is 9.84 Å². The lowest BCUT2D eigenvalue weighted by Gasteiger charge is -2.17. The van der Waals surface area contributed by atoms with Crippen molar-refractivity contribution >= 4 is 0 Å². The number of aryl methyl sites for hydroxylation is 1. The number of aliphatic hydroxyl groups is 1. The Morgan fingerprint density at radius 1 is 1.31 bits per heavy atom. The molecule has 1 aromatic carbocycles. The van der Waals surface area contributed by atoms with E-state index in [-0.39, 0.29) is 12.2 Å². The van der Waals surface area contributed by atoms with Crippen LogP contribution in [0.1, 0.15) is 30.9 Å². The van der Waals surface area contributed by atoms with Gasteiger partial charge in [-0.1, -0.05) is 31.2 Å². The van der Waals surface area contributed by atoms with E-state index < -0.39 is 0 Å². The fourth-order valence-electron chi connectivity index (χ4n) is 2.19. The van der Waals surface area contributed by atoms with E-state index in [2.05, 4.69) is 31.2 Å². The SMILES string of the molecule is CCc1ccc(CC(O)C2CCCO2)cc1. The van der Waals surface area contributed by atoms with Crippen LogP contribution in [0.25, 0.3) is 0 Å². The summed E-state index contributed by atoms with van der Waals surface area (Å²) in [7, 11) is 0. The summed E-state index contributed by atoms with van der Waals surface area (Å²) in [6.07, 6.45) is 3.54. The summed E-state index contributed by atoms with van der Waals surface area (Å²) >= 11 is 0. The third-order valence-electron chi connectivity index (χ3n) is 3.27. The average Bonchev–Trinajstić information content (AvgIpc) is 2.83. The lowest BCUT2D eigenvalue weighted by molar-refractivity contribution is -0.000773. The number of rotatable bonds is 4. The minimum atomic E-state index is -0.352. The maximum Gasteiger partial charge on any atom is 0.0842 e. The number of hydrogen-bond acceptors (Lipinski definition) is 2. The van der Waals surface area contributed by atoms with Crippen LogP contribution in [0.5, 0.6) is 0 Å². The fourth-order valence-corrected chi connectivity index (χ4v) is 2.19. The van der Waals surface area contributed by atoms with E-state index in [0.717, 1.165) is 25.9 Å². The Morgan fingerprint density at radius 2 is 2.00 bits per heavy atom. The maximum atomic E-state index is 10.0. The van der Waals surface area contributed by atoms with Crippen molar-refractivity contribution in [3.05, 3.63) is 35.4 Å². The van der Waals surface area contributed by atoms with Gasteiger partial charge in [-0.3, -0.25) is 0 Å². The first-order chi connectivity index (χ1) is 7.79. The minimum absolute atomic E-state index is 0.0471. The van der Waals surface area contributed by atoms with E-state index in [1.54, 1.807) is 0 Å². The van der Waals surface area contributed by atoms with Crippen LogP contribution in [0.3, 0.4) is 0 Å². The topological polar surface area (TPSA) is 29.5 Å². The Labute approximate surface area is 97.3 Å². The molecule has 1 aromatic rings. The van der Waals surface area contributed by atoms with Crippen LogP contribution in [0.4, 0.5) is 0 Å². The third kappa shape index (κ3) is 2.83. The number of benzene rings is 1. The first-order valence-electron chi connectivity index (χ1n) is 6.17. The normalized spacial score (nSPS) is 22.2. The molecule has 1 aliphatic rings. The van der Waals surface area contributed by atoms with Gasteiger partial charge in [-0.2, -0.15) is 0 Å². The Balaban J connectivity index is 1.92.